The second-order valence-electron chi connectivity index (χ2n) is 5.52. The van der Waals surface area contributed by atoms with Crippen LogP contribution in [0.2, 0.25) is 5.02 Å². The standard InChI is InChI=1S/C17H14ClN5O2/c1-25-9-8-22-7-6-14-13(16(22)24)10-19-17-20-15(21-23(14)17)11-2-4-12(18)5-3-11/h2-7,10H,8-9H2,1H3. The summed E-state index contributed by atoms with van der Waals surface area (Å²) in [4.78, 5) is 21.3. The molecular formula is C17H14ClN5O2. The summed E-state index contributed by atoms with van der Waals surface area (Å²) in [6.07, 6.45) is 3.27. The van der Waals surface area contributed by atoms with Crippen LogP contribution in [0.15, 0.2) is 47.5 Å². The molecule has 3 aromatic heterocycles. The zero-order valence-corrected chi connectivity index (χ0v) is 14.1. The third-order valence-corrected chi connectivity index (χ3v) is 4.20. The predicted molar refractivity (Wildman–Crippen MR) is 94.9 cm³/mol. The average molecular weight is 356 g/mol. The van der Waals surface area contributed by atoms with Crippen LogP contribution >= 0.6 is 11.6 Å². The lowest BCUT2D eigenvalue weighted by Gasteiger charge is -2.06. The smallest absolute Gasteiger partial charge is 0.261 e. The first kappa shape index (κ1) is 15.7. The van der Waals surface area contributed by atoms with E-state index in [-0.39, 0.29) is 5.56 Å². The van der Waals surface area contributed by atoms with Crippen molar-refractivity contribution in [1.29, 1.82) is 0 Å². The zero-order chi connectivity index (χ0) is 17.4. The van der Waals surface area contributed by atoms with Gasteiger partial charge in [0.1, 0.15) is 0 Å². The average Bonchev–Trinajstić information content (AvgIpc) is 3.06. The largest absolute Gasteiger partial charge is 0.383 e. The van der Waals surface area contributed by atoms with Crippen LogP contribution < -0.4 is 5.56 Å². The van der Waals surface area contributed by atoms with Gasteiger partial charge < -0.3 is 9.30 Å². The van der Waals surface area contributed by atoms with Crippen molar-refractivity contribution in [3.05, 3.63) is 58.1 Å². The lowest BCUT2D eigenvalue weighted by molar-refractivity contribution is 0.186. The summed E-state index contributed by atoms with van der Waals surface area (Å²) in [5, 5.41) is 5.63. The van der Waals surface area contributed by atoms with Crippen LogP contribution in [0.3, 0.4) is 0 Å². The van der Waals surface area contributed by atoms with E-state index in [0.717, 1.165) is 5.56 Å². The summed E-state index contributed by atoms with van der Waals surface area (Å²) in [7, 11) is 1.60. The van der Waals surface area contributed by atoms with Gasteiger partial charge in [-0.2, -0.15) is 9.50 Å². The number of pyridine rings is 1. The van der Waals surface area contributed by atoms with Gasteiger partial charge in [0.05, 0.1) is 17.5 Å². The fourth-order valence-corrected chi connectivity index (χ4v) is 2.77. The van der Waals surface area contributed by atoms with Crippen molar-refractivity contribution < 1.29 is 4.74 Å². The van der Waals surface area contributed by atoms with Crippen molar-refractivity contribution in [3.63, 3.8) is 0 Å². The highest BCUT2D eigenvalue weighted by Gasteiger charge is 2.12. The minimum Gasteiger partial charge on any atom is -0.383 e. The van der Waals surface area contributed by atoms with Crippen LogP contribution in [0.1, 0.15) is 0 Å². The Hall–Kier alpha value is -2.77. The maximum atomic E-state index is 12.6. The molecule has 25 heavy (non-hydrogen) atoms. The van der Waals surface area contributed by atoms with Crippen molar-refractivity contribution >= 4 is 28.3 Å². The van der Waals surface area contributed by atoms with Gasteiger partial charge in [-0.25, -0.2) is 4.98 Å². The third kappa shape index (κ3) is 2.77. The molecule has 1 aromatic carbocycles. The topological polar surface area (TPSA) is 74.3 Å². The van der Waals surface area contributed by atoms with Crippen molar-refractivity contribution in [2.45, 2.75) is 6.54 Å². The molecule has 0 aliphatic carbocycles. The summed E-state index contributed by atoms with van der Waals surface area (Å²) in [5.74, 6) is 0.965. The first-order valence-corrected chi connectivity index (χ1v) is 8.05. The van der Waals surface area contributed by atoms with E-state index in [9.17, 15) is 4.79 Å². The molecule has 8 heteroatoms. The van der Waals surface area contributed by atoms with E-state index in [2.05, 4.69) is 15.1 Å². The predicted octanol–water partition coefficient (Wildman–Crippen LogP) is 2.41. The zero-order valence-electron chi connectivity index (χ0n) is 13.4. The second-order valence-corrected chi connectivity index (χ2v) is 5.95. The summed E-state index contributed by atoms with van der Waals surface area (Å²) in [6.45, 7) is 0.946. The van der Waals surface area contributed by atoms with Gasteiger partial charge in [0.25, 0.3) is 11.3 Å². The molecule has 0 fully saturated rings. The molecule has 0 unspecified atom stereocenters. The van der Waals surface area contributed by atoms with Gasteiger partial charge in [-0.05, 0) is 30.3 Å². The van der Waals surface area contributed by atoms with Crippen molar-refractivity contribution in [1.82, 2.24) is 24.1 Å². The molecule has 7 nitrogen and oxygen atoms in total. The Morgan fingerprint density at radius 3 is 2.76 bits per heavy atom. The van der Waals surface area contributed by atoms with Crippen LogP contribution in [-0.4, -0.2) is 37.9 Å². The highest BCUT2D eigenvalue weighted by atomic mass is 35.5. The minimum atomic E-state index is -0.132. The lowest BCUT2D eigenvalue weighted by atomic mass is 10.2. The van der Waals surface area contributed by atoms with E-state index in [0.29, 0.717) is 40.7 Å². The SMILES string of the molecule is COCCn1ccc2c(cnc3nc(-c4ccc(Cl)cc4)nn32)c1=O. The molecule has 0 saturated heterocycles. The number of methoxy groups -OCH3 is 1. The summed E-state index contributed by atoms with van der Waals surface area (Å²) < 4.78 is 8.21. The molecule has 0 bridgehead atoms. The number of halogens is 1. The summed E-state index contributed by atoms with van der Waals surface area (Å²) in [6, 6.07) is 9.08. The monoisotopic (exact) mass is 355 g/mol. The van der Waals surface area contributed by atoms with Crippen molar-refractivity contribution in [2.24, 2.45) is 0 Å². The Bertz CT molecular complexity index is 1120. The third-order valence-electron chi connectivity index (χ3n) is 3.95. The van der Waals surface area contributed by atoms with Gasteiger partial charge >= 0.3 is 0 Å². The molecule has 126 valence electrons. The van der Waals surface area contributed by atoms with Crippen LogP contribution in [0.25, 0.3) is 28.1 Å². The summed E-state index contributed by atoms with van der Waals surface area (Å²) >= 11 is 5.92. The molecule has 0 N–H and O–H groups in total. The highest BCUT2D eigenvalue weighted by Crippen LogP contribution is 2.20. The van der Waals surface area contributed by atoms with Crippen molar-refractivity contribution in [2.75, 3.05) is 13.7 Å². The van der Waals surface area contributed by atoms with E-state index < -0.39 is 0 Å². The first-order valence-electron chi connectivity index (χ1n) is 7.67. The van der Waals surface area contributed by atoms with Gasteiger partial charge in [-0.3, -0.25) is 4.79 Å². The molecular weight excluding hydrogens is 342 g/mol. The van der Waals surface area contributed by atoms with Gasteiger partial charge in [0.2, 0.25) is 0 Å². The Morgan fingerprint density at radius 2 is 2.00 bits per heavy atom. The molecule has 0 radical (unpaired) electrons. The minimum absolute atomic E-state index is 0.132. The number of aromatic nitrogens is 5. The molecule has 0 atom stereocenters. The molecule has 4 rings (SSSR count). The van der Waals surface area contributed by atoms with Gasteiger partial charge in [0, 0.05) is 36.6 Å². The Kier molecular flexibility index (Phi) is 3.95. The van der Waals surface area contributed by atoms with Gasteiger partial charge in [0.15, 0.2) is 5.82 Å². The molecule has 0 amide bonds. The Morgan fingerprint density at radius 1 is 1.20 bits per heavy atom. The van der Waals surface area contributed by atoms with Gasteiger partial charge in [-0.15, -0.1) is 5.10 Å². The van der Waals surface area contributed by atoms with Crippen molar-refractivity contribution in [3.8, 4) is 11.4 Å². The molecule has 0 aliphatic rings. The van der Waals surface area contributed by atoms with E-state index in [4.69, 9.17) is 16.3 Å². The number of benzene rings is 1. The lowest BCUT2D eigenvalue weighted by Crippen LogP contribution is -2.22. The number of fused-ring (bicyclic) bond motifs is 3. The fraction of sp³-hybridized carbons (Fsp3) is 0.176. The van der Waals surface area contributed by atoms with E-state index in [1.807, 2.05) is 18.2 Å². The second kappa shape index (κ2) is 6.27. The number of ether oxygens (including phenoxy) is 1. The Balaban J connectivity index is 1.87. The van der Waals surface area contributed by atoms with Crippen LogP contribution in [0, 0.1) is 0 Å². The van der Waals surface area contributed by atoms with E-state index in [1.165, 1.54) is 6.20 Å². The molecule has 3 heterocycles. The number of hydrogen-bond acceptors (Lipinski definition) is 5. The summed E-state index contributed by atoms with van der Waals surface area (Å²) in [5.41, 5.74) is 1.36. The number of rotatable bonds is 4. The molecule has 4 aromatic rings. The molecule has 0 spiro atoms. The highest BCUT2D eigenvalue weighted by molar-refractivity contribution is 6.30. The van der Waals surface area contributed by atoms with Crippen LogP contribution in [0.5, 0.6) is 0 Å². The van der Waals surface area contributed by atoms with E-state index in [1.54, 1.807) is 34.5 Å². The number of nitrogens with zero attached hydrogens (tertiary/aromatic N) is 5. The quantitative estimate of drug-likeness (QED) is 0.562. The molecule has 0 aliphatic heterocycles. The number of hydrogen-bond donors (Lipinski definition) is 0. The normalized spacial score (nSPS) is 11.4. The van der Waals surface area contributed by atoms with Crippen LogP contribution in [-0.2, 0) is 11.3 Å². The maximum absolute atomic E-state index is 12.6. The van der Waals surface area contributed by atoms with Gasteiger partial charge in [-0.1, -0.05) is 11.6 Å². The first-order chi connectivity index (χ1) is 12.2. The maximum Gasteiger partial charge on any atom is 0.261 e. The molecule has 0 saturated carbocycles. The van der Waals surface area contributed by atoms with E-state index >= 15 is 0 Å². The Labute approximate surface area is 147 Å². The fourth-order valence-electron chi connectivity index (χ4n) is 2.65. The van der Waals surface area contributed by atoms with Crippen LogP contribution in [0.4, 0.5) is 0 Å².